The fraction of sp³-hybridized carbons (Fsp3) is 0.167. The first-order valence-corrected chi connectivity index (χ1v) is 11.4. The van der Waals surface area contributed by atoms with E-state index in [0.29, 0.717) is 38.8 Å². The van der Waals surface area contributed by atoms with Crippen molar-refractivity contribution in [2.24, 2.45) is 5.16 Å². The van der Waals surface area contributed by atoms with E-state index in [2.05, 4.69) is 37.0 Å². The smallest absolute Gasteiger partial charge is 0.347 e. The van der Waals surface area contributed by atoms with E-state index in [1.165, 1.54) is 6.21 Å². The maximum Gasteiger partial charge on any atom is 0.347 e. The van der Waals surface area contributed by atoms with Crippen LogP contribution in [0.3, 0.4) is 0 Å². The molecule has 0 saturated heterocycles. The molecule has 0 aliphatic rings. The van der Waals surface area contributed by atoms with Crippen LogP contribution in [0.25, 0.3) is 0 Å². The van der Waals surface area contributed by atoms with Gasteiger partial charge in [0, 0.05) is 12.0 Å². The number of phenolic OH excluding ortho intramolecular Hbond substituents is 1. The summed E-state index contributed by atoms with van der Waals surface area (Å²) in [7, 11) is 0. The summed E-state index contributed by atoms with van der Waals surface area (Å²) in [6.07, 6.45) is 1.34. The van der Waals surface area contributed by atoms with E-state index in [0.717, 1.165) is 11.1 Å². The summed E-state index contributed by atoms with van der Waals surface area (Å²) < 4.78 is 7.39. The van der Waals surface area contributed by atoms with Crippen LogP contribution in [0.5, 0.6) is 17.2 Å². The van der Waals surface area contributed by atoms with Crippen LogP contribution in [0, 0.1) is 0 Å². The molecule has 1 atom stereocenters. The lowest BCUT2D eigenvalue weighted by atomic mass is 10.0. The second-order valence-electron chi connectivity index (χ2n) is 6.94. The Morgan fingerprint density at radius 2 is 1.78 bits per heavy atom. The van der Waals surface area contributed by atoms with Gasteiger partial charge in [-0.05, 0) is 79.7 Å². The normalized spacial score (nSPS) is 12.0. The molecular weight excluding hydrogens is 542 g/mol. The minimum absolute atomic E-state index is 0.206. The van der Waals surface area contributed by atoms with E-state index >= 15 is 0 Å². The lowest BCUT2D eigenvalue weighted by Gasteiger charge is -2.13. The Morgan fingerprint density at radius 1 is 1.09 bits per heavy atom. The molecule has 0 bridgehead atoms. The van der Waals surface area contributed by atoms with Crippen LogP contribution in [0.4, 0.5) is 0 Å². The predicted molar refractivity (Wildman–Crippen MR) is 130 cm³/mol. The summed E-state index contributed by atoms with van der Waals surface area (Å²) in [6.45, 7) is 1.71. The second-order valence-corrected chi connectivity index (χ2v) is 8.65. The fourth-order valence-corrected chi connectivity index (χ4v) is 4.29. The Balaban J connectivity index is 1.76. The van der Waals surface area contributed by atoms with Crippen molar-refractivity contribution in [3.63, 3.8) is 0 Å². The van der Waals surface area contributed by atoms with E-state index in [-0.39, 0.29) is 5.75 Å². The molecule has 0 fully saturated rings. The van der Waals surface area contributed by atoms with E-state index in [4.69, 9.17) is 14.7 Å². The monoisotopic (exact) mass is 561 g/mol. The molecule has 0 amide bonds. The van der Waals surface area contributed by atoms with E-state index in [9.17, 15) is 9.90 Å². The standard InChI is InChI=1S/C24H21Br2NO5/c1-2-22(24(29)30)32-27-14-16-11-19(25)23(20(26)12-16)31-18-8-9-21(28)17(13-18)10-15-6-4-3-5-7-15/h3-9,11-14,22,28H,2,10H2,1H3,(H,29,30). The summed E-state index contributed by atoms with van der Waals surface area (Å²) in [5, 5.41) is 23.0. The summed E-state index contributed by atoms with van der Waals surface area (Å²) in [5.74, 6) is 0.275. The average molecular weight is 563 g/mol. The third-order valence-electron chi connectivity index (χ3n) is 4.56. The van der Waals surface area contributed by atoms with Crippen LogP contribution in [0.1, 0.15) is 30.0 Å². The van der Waals surface area contributed by atoms with Crippen LogP contribution in [0.2, 0.25) is 0 Å². The Morgan fingerprint density at radius 3 is 2.41 bits per heavy atom. The van der Waals surface area contributed by atoms with Gasteiger partial charge in [0.05, 0.1) is 15.2 Å². The van der Waals surface area contributed by atoms with Gasteiger partial charge in [-0.15, -0.1) is 0 Å². The van der Waals surface area contributed by atoms with Gasteiger partial charge in [-0.25, -0.2) is 4.79 Å². The van der Waals surface area contributed by atoms with Crippen LogP contribution >= 0.6 is 31.9 Å². The number of carbonyl (C=O) groups is 1. The molecule has 3 rings (SSSR count). The summed E-state index contributed by atoms with van der Waals surface area (Å²) >= 11 is 7.00. The molecule has 0 heterocycles. The van der Waals surface area contributed by atoms with Crippen molar-refractivity contribution in [1.29, 1.82) is 0 Å². The zero-order chi connectivity index (χ0) is 23.1. The number of carboxylic acid groups (broad SMARTS) is 1. The molecule has 1 unspecified atom stereocenters. The first-order valence-electron chi connectivity index (χ1n) is 9.82. The third-order valence-corrected chi connectivity index (χ3v) is 5.74. The molecule has 0 aromatic heterocycles. The molecule has 2 N–H and O–H groups in total. The van der Waals surface area contributed by atoms with Gasteiger partial charge in [-0.2, -0.15) is 0 Å². The molecule has 0 aliphatic heterocycles. The number of hydrogen-bond acceptors (Lipinski definition) is 5. The topological polar surface area (TPSA) is 88.4 Å². The Kier molecular flexibility index (Phi) is 8.30. The highest BCUT2D eigenvalue weighted by molar-refractivity contribution is 9.11. The van der Waals surface area contributed by atoms with Crippen molar-refractivity contribution in [2.45, 2.75) is 25.9 Å². The zero-order valence-corrected chi connectivity index (χ0v) is 20.3. The molecule has 0 aliphatic carbocycles. The van der Waals surface area contributed by atoms with Gasteiger partial charge >= 0.3 is 5.97 Å². The van der Waals surface area contributed by atoms with Crippen molar-refractivity contribution >= 4 is 44.0 Å². The number of benzene rings is 3. The molecule has 8 heteroatoms. The van der Waals surface area contributed by atoms with Crippen LogP contribution in [-0.4, -0.2) is 28.5 Å². The molecule has 166 valence electrons. The average Bonchev–Trinajstić information content (AvgIpc) is 2.76. The number of phenols is 1. The molecule has 3 aromatic rings. The Bertz CT molecular complexity index is 1100. The molecular formula is C24H21Br2NO5. The summed E-state index contributed by atoms with van der Waals surface area (Å²) in [5.41, 5.74) is 2.53. The van der Waals surface area contributed by atoms with E-state index in [1.54, 1.807) is 37.3 Å². The lowest BCUT2D eigenvalue weighted by Crippen LogP contribution is -2.20. The number of aliphatic carboxylic acids is 1. The highest BCUT2D eigenvalue weighted by Crippen LogP contribution is 2.38. The second kappa shape index (κ2) is 11.2. The van der Waals surface area contributed by atoms with E-state index < -0.39 is 12.1 Å². The van der Waals surface area contributed by atoms with Crippen molar-refractivity contribution in [3.8, 4) is 17.2 Å². The molecule has 3 aromatic carbocycles. The Hall–Kier alpha value is -2.84. The minimum atomic E-state index is -1.06. The minimum Gasteiger partial charge on any atom is -0.508 e. The van der Waals surface area contributed by atoms with Gasteiger partial charge < -0.3 is 19.8 Å². The van der Waals surface area contributed by atoms with Crippen LogP contribution in [-0.2, 0) is 16.1 Å². The lowest BCUT2D eigenvalue weighted by molar-refractivity contribution is -0.150. The van der Waals surface area contributed by atoms with Gasteiger partial charge in [0.2, 0.25) is 6.10 Å². The predicted octanol–water partition coefficient (Wildman–Crippen LogP) is 6.51. The number of hydrogen-bond donors (Lipinski definition) is 2. The van der Waals surface area contributed by atoms with Gasteiger partial charge in [-0.1, -0.05) is 42.4 Å². The summed E-state index contributed by atoms with van der Waals surface area (Å²) in [6, 6.07) is 18.5. The van der Waals surface area contributed by atoms with Gasteiger partial charge in [-0.3, -0.25) is 0 Å². The molecule has 0 radical (unpaired) electrons. The van der Waals surface area contributed by atoms with Gasteiger partial charge in [0.25, 0.3) is 0 Å². The molecule has 32 heavy (non-hydrogen) atoms. The number of ether oxygens (including phenoxy) is 1. The van der Waals surface area contributed by atoms with E-state index in [1.807, 2.05) is 30.3 Å². The third kappa shape index (κ3) is 6.34. The molecule has 0 spiro atoms. The first kappa shape index (κ1) is 23.8. The quantitative estimate of drug-likeness (QED) is 0.229. The largest absolute Gasteiger partial charge is 0.508 e. The van der Waals surface area contributed by atoms with Gasteiger partial charge in [0.1, 0.15) is 11.5 Å². The Labute approximate surface area is 202 Å². The number of carboxylic acids is 1. The fourth-order valence-electron chi connectivity index (χ4n) is 2.91. The maximum absolute atomic E-state index is 11.0. The highest BCUT2D eigenvalue weighted by Gasteiger charge is 2.16. The maximum atomic E-state index is 11.0. The highest BCUT2D eigenvalue weighted by atomic mass is 79.9. The molecule has 0 saturated carbocycles. The number of aromatic hydroxyl groups is 1. The number of halogens is 2. The number of nitrogens with zero attached hydrogens (tertiary/aromatic N) is 1. The number of oxime groups is 1. The zero-order valence-electron chi connectivity index (χ0n) is 17.2. The SMILES string of the molecule is CCC(ON=Cc1cc(Br)c(Oc2ccc(O)c(Cc3ccccc3)c2)c(Br)c1)C(=O)O. The van der Waals surface area contributed by atoms with Crippen molar-refractivity contribution < 1.29 is 24.6 Å². The summed E-state index contributed by atoms with van der Waals surface area (Å²) in [4.78, 5) is 16.0. The van der Waals surface area contributed by atoms with Crippen molar-refractivity contribution in [1.82, 2.24) is 0 Å². The molecule has 6 nitrogen and oxygen atoms in total. The number of rotatable bonds is 9. The van der Waals surface area contributed by atoms with Crippen LogP contribution < -0.4 is 4.74 Å². The van der Waals surface area contributed by atoms with Gasteiger partial charge in [0.15, 0.2) is 5.75 Å². The first-order chi connectivity index (χ1) is 15.4. The van der Waals surface area contributed by atoms with Crippen molar-refractivity contribution in [2.75, 3.05) is 0 Å². The van der Waals surface area contributed by atoms with Crippen molar-refractivity contribution in [3.05, 3.63) is 86.3 Å². The van der Waals surface area contributed by atoms with Crippen LogP contribution in [0.15, 0.2) is 74.8 Å².